The van der Waals surface area contributed by atoms with Gasteiger partial charge in [0.1, 0.15) is 5.78 Å². The number of Topliss-reactive ketones (excluding diaryl/α,β-unsaturated/α-hetero) is 1. The van der Waals surface area contributed by atoms with Gasteiger partial charge in [0.05, 0.1) is 6.04 Å². The number of allylic oxidation sites excluding steroid dienone is 1. The molecule has 1 rings (SSSR count). The average molecular weight is 173 g/mol. The number of ketones is 1. The Kier molecular flexibility index (Phi) is 2.66. The minimum atomic E-state index is -0.0661. The highest BCUT2D eigenvalue weighted by Crippen LogP contribution is 2.06. The molecule has 3 heteroatoms. The molecule has 12 heavy (non-hydrogen) atoms. The summed E-state index contributed by atoms with van der Waals surface area (Å²) in [5, 5.41) is 2.97. The number of nitrogens with one attached hydrogen (secondary N) is 1. The van der Waals surface area contributed by atoms with E-state index in [1.165, 1.54) is 0 Å². The summed E-state index contributed by atoms with van der Waals surface area (Å²) in [6, 6.07) is -0.0661. The number of aliphatic imine (C=N–C) groups is 1. The van der Waals surface area contributed by atoms with E-state index in [-0.39, 0.29) is 13.3 Å². The number of carbonyl (C=O) groups is 1. The zero-order valence-electron chi connectivity index (χ0n) is 9.50. The van der Waals surface area contributed by atoms with Crippen molar-refractivity contribution in [1.82, 2.24) is 5.32 Å². The molecule has 1 N–H and O–H groups in total. The Morgan fingerprint density at radius 1 is 2.00 bits per heavy atom. The van der Waals surface area contributed by atoms with E-state index >= 15 is 0 Å². The molecule has 0 aromatic heterocycles. The maximum Gasteiger partial charge on any atom is 0.147 e. The molecule has 1 heterocycles. The van der Waals surface area contributed by atoms with Gasteiger partial charge in [0.2, 0.25) is 0 Å². The quantitative estimate of drug-likeness (QED) is 0.698. The number of hydrogen-bond acceptors (Lipinski definition) is 3. The molecule has 0 aromatic rings. The Bertz CT molecular complexity index is 242. The van der Waals surface area contributed by atoms with Crippen LogP contribution >= 0.6 is 0 Å². The van der Waals surface area contributed by atoms with Crippen LogP contribution < -0.4 is 5.32 Å². The van der Waals surface area contributed by atoms with Gasteiger partial charge in [-0.15, -0.1) is 0 Å². The van der Waals surface area contributed by atoms with Crippen molar-refractivity contribution in [2.24, 2.45) is 4.99 Å². The Morgan fingerprint density at radius 3 is 3.17 bits per heavy atom. The molecule has 1 atom stereocenters. The Labute approximate surface area is 77.1 Å². The molecule has 0 saturated carbocycles. The molecule has 0 fully saturated rings. The zero-order valence-corrected chi connectivity index (χ0v) is 7.50. The predicted octanol–water partition coefficient (Wildman–Crippen LogP) is 1.40. The van der Waals surface area contributed by atoms with Gasteiger partial charge < -0.3 is 5.32 Å². The molecule has 0 saturated heterocycles. The van der Waals surface area contributed by atoms with Gasteiger partial charge in [-0.1, -0.05) is 6.08 Å². The second-order valence-electron chi connectivity index (χ2n) is 2.94. The molecule has 0 aliphatic carbocycles. The van der Waals surface area contributed by atoms with E-state index in [4.69, 9.17) is 2.97 Å². The van der Waals surface area contributed by atoms with Crippen LogP contribution in [0, 0.1) is 0 Å². The van der Waals surface area contributed by atoms with E-state index in [0.29, 0.717) is 0 Å². The first-order valence-electron chi connectivity index (χ1n) is 5.12. The number of likely N-dealkylation sites (N-methyl/N-ethyl adjacent to an activating group) is 1. The molecule has 1 aliphatic heterocycles. The van der Waals surface area contributed by atoms with Crippen LogP contribution in [-0.4, -0.2) is 24.6 Å². The maximum absolute atomic E-state index is 11.0. The fraction of sp³-hybridized carbons (Fsp3) is 0.556. The SMILES string of the molecule is CNC(CC1=NC=CC1)C(C)=O.[2HH].[2H][2H]. The summed E-state index contributed by atoms with van der Waals surface area (Å²) in [7, 11) is 1.80. The third kappa shape index (κ3) is 2.27. The van der Waals surface area contributed by atoms with Gasteiger partial charge in [0, 0.05) is 29.1 Å². The van der Waals surface area contributed by atoms with Crippen molar-refractivity contribution in [2.75, 3.05) is 7.05 Å². The molecule has 1 aliphatic rings. The third-order valence-corrected chi connectivity index (χ3v) is 1.99. The monoisotopic (exact) mass is 173 g/mol. The third-order valence-electron chi connectivity index (χ3n) is 1.99. The lowest BCUT2D eigenvalue weighted by atomic mass is 10.1. The summed E-state index contributed by atoms with van der Waals surface area (Å²) in [4.78, 5) is 15.2. The minimum Gasteiger partial charge on any atom is -0.310 e. The summed E-state index contributed by atoms with van der Waals surface area (Å²) < 4.78 is 10.0. The van der Waals surface area contributed by atoms with E-state index in [1.54, 1.807) is 20.2 Å². The molecular formula is C9H18N2O. The van der Waals surface area contributed by atoms with E-state index < -0.39 is 0 Å². The van der Waals surface area contributed by atoms with Gasteiger partial charge in [0.15, 0.2) is 0 Å². The van der Waals surface area contributed by atoms with Crippen LogP contribution in [0.25, 0.3) is 0 Å². The van der Waals surface area contributed by atoms with E-state index in [0.717, 1.165) is 18.6 Å². The van der Waals surface area contributed by atoms with Gasteiger partial charge in [-0.2, -0.15) is 0 Å². The highest BCUT2D eigenvalue weighted by molar-refractivity contribution is 5.93. The Hall–Kier alpha value is -0.960. The van der Waals surface area contributed by atoms with Crippen LogP contribution in [0.3, 0.4) is 0 Å². The lowest BCUT2D eigenvalue weighted by molar-refractivity contribution is -0.118. The van der Waals surface area contributed by atoms with Crippen molar-refractivity contribution >= 4 is 11.5 Å². The minimum absolute atomic E-state index is 0. The molecule has 0 radical (unpaired) electrons. The second-order valence-corrected chi connectivity index (χ2v) is 2.94. The first-order valence-corrected chi connectivity index (χ1v) is 4.12. The molecule has 70 valence electrons. The Balaban J connectivity index is 0. The van der Waals surface area contributed by atoms with Gasteiger partial charge >= 0.3 is 0 Å². The van der Waals surface area contributed by atoms with Crippen molar-refractivity contribution in [2.45, 2.75) is 25.8 Å². The zero-order chi connectivity index (χ0) is 11.0. The summed E-state index contributed by atoms with van der Waals surface area (Å²) in [5.41, 5.74) is 1.09. The first-order chi connectivity index (χ1) is 6.74. The van der Waals surface area contributed by atoms with E-state index in [9.17, 15) is 4.79 Å². The van der Waals surface area contributed by atoms with Crippen LogP contribution in [0.1, 0.15) is 24.2 Å². The fourth-order valence-corrected chi connectivity index (χ4v) is 1.22. The van der Waals surface area contributed by atoms with Gasteiger partial charge in [0.25, 0.3) is 0 Å². The van der Waals surface area contributed by atoms with Crippen molar-refractivity contribution < 1.29 is 9.19 Å². The summed E-state index contributed by atoms with van der Waals surface area (Å²) in [5.74, 6) is 0.173. The second kappa shape index (κ2) is 4.16. The smallest absolute Gasteiger partial charge is 0.147 e. The van der Waals surface area contributed by atoms with Crippen molar-refractivity contribution in [3.8, 4) is 0 Å². The lowest BCUT2D eigenvalue weighted by Gasteiger charge is -2.11. The van der Waals surface area contributed by atoms with Crippen molar-refractivity contribution in [1.29, 1.82) is 0 Å². The van der Waals surface area contributed by atoms with Crippen LogP contribution in [0.15, 0.2) is 17.3 Å². The molecule has 3 nitrogen and oxygen atoms in total. The molecule has 0 bridgehead atoms. The average Bonchev–Trinajstić information content (AvgIpc) is 2.69. The highest BCUT2D eigenvalue weighted by Gasteiger charge is 2.14. The Morgan fingerprint density at radius 2 is 2.75 bits per heavy atom. The van der Waals surface area contributed by atoms with Crippen LogP contribution in [0.4, 0.5) is 0 Å². The maximum atomic E-state index is 11.0. The standard InChI is InChI=1S/C9H14N2O.2H2/c1-7(12)9(10-2)6-8-4-3-5-11-8;;/h3,5,9-10H,4,6H2,1-2H3;2*1H/i;1+1D;1+1. The normalized spacial score (nSPS) is 18.3. The fourth-order valence-electron chi connectivity index (χ4n) is 1.22. The van der Waals surface area contributed by atoms with E-state index in [1.807, 2.05) is 6.08 Å². The first kappa shape index (κ1) is 7.68. The van der Waals surface area contributed by atoms with Crippen molar-refractivity contribution in [3.63, 3.8) is 0 Å². The van der Waals surface area contributed by atoms with Crippen molar-refractivity contribution in [3.05, 3.63) is 12.3 Å². The molecular weight excluding hydrogens is 152 g/mol. The topological polar surface area (TPSA) is 41.5 Å². The number of nitrogens with zero attached hydrogens (tertiary/aromatic N) is 1. The van der Waals surface area contributed by atoms with E-state index in [2.05, 4.69) is 10.3 Å². The number of rotatable bonds is 4. The summed E-state index contributed by atoms with van der Waals surface area (Å²) in [6.07, 6.45) is 5.43. The van der Waals surface area contributed by atoms with Crippen LogP contribution in [0.2, 0.25) is 0 Å². The highest BCUT2D eigenvalue weighted by atomic mass is 16.1. The molecule has 0 amide bonds. The molecule has 0 spiro atoms. The summed E-state index contributed by atoms with van der Waals surface area (Å²) >= 11 is 0. The lowest BCUT2D eigenvalue weighted by Crippen LogP contribution is -2.34. The summed E-state index contributed by atoms with van der Waals surface area (Å²) in [6.45, 7) is 1.60. The number of carbonyl (C=O) groups excluding carboxylic acids is 1. The largest absolute Gasteiger partial charge is 0.310 e. The molecule has 1 unspecified atom stereocenters. The molecule has 0 aromatic carbocycles. The van der Waals surface area contributed by atoms with Gasteiger partial charge in [-0.3, -0.25) is 9.79 Å². The van der Waals surface area contributed by atoms with Gasteiger partial charge in [-0.05, 0) is 14.0 Å². The number of hydrogen-bond donors (Lipinski definition) is 1. The van der Waals surface area contributed by atoms with Crippen LogP contribution in [-0.2, 0) is 4.79 Å². The van der Waals surface area contributed by atoms with Crippen LogP contribution in [0.5, 0.6) is 0 Å². The van der Waals surface area contributed by atoms with Gasteiger partial charge in [-0.25, -0.2) is 0 Å². The predicted molar refractivity (Wildman–Crippen MR) is 53.6 cm³/mol.